The Morgan fingerprint density at radius 3 is 2.31 bits per heavy atom. The number of ether oxygens (including phenoxy) is 2. The fraction of sp³-hybridized carbons (Fsp3) is 0.667. The van der Waals surface area contributed by atoms with Crippen molar-refractivity contribution >= 4 is 11.9 Å². The van der Waals surface area contributed by atoms with Gasteiger partial charge in [0.25, 0.3) is 0 Å². The molecule has 0 aliphatic carbocycles. The number of hydrogen-bond acceptors (Lipinski definition) is 5. The molecule has 7 heteroatoms. The molecule has 0 heterocycles. The molecule has 0 spiro atoms. The van der Waals surface area contributed by atoms with E-state index in [0.29, 0.717) is 0 Å². The third-order valence-electron chi connectivity index (χ3n) is 0.713. The Hall–Kier alpha value is 0.320. The third kappa shape index (κ3) is 15.1. The van der Waals surface area contributed by atoms with Gasteiger partial charge in [0.05, 0.1) is 13.2 Å². The van der Waals surface area contributed by atoms with Crippen molar-refractivity contribution in [2.24, 2.45) is 0 Å². The van der Waals surface area contributed by atoms with E-state index in [2.05, 4.69) is 9.47 Å². The van der Waals surface area contributed by atoms with E-state index in [-0.39, 0.29) is 59.3 Å². The fourth-order valence-corrected chi connectivity index (χ4v) is 0.410. The number of aliphatic hydroxyl groups is 1. The van der Waals surface area contributed by atoms with Crippen LogP contribution in [-0.2, 0) is 58.5 Å². The van der Waals surface area contributed by atoms with Gasteiger partial charge in [-0.3, -0.25) is 4.79 Å². The number of aliphatic hydroxyl groups excluding tert-OH is 1. The summed E-state index contributed by atoms with van der Waals surface area (Å²) < 4.78 is 8.68. The van der Waals surface area contributed by atoms with E-state index in [1.807, 2.05) is 0 Å². The summed E-state index contributed by atoms with van der Waals surface area (Å²) in [5, 5.41) is 8.22. The van der Waals surface area contributed by atoms with Gasteiger partial charge in [0.1, 0.15) is 6.61 Å². The van der Waals surface area contributed by atoms with Crippen molar-refractivity contribution < 1.29 is 63.6 Å². The SMILES string of the molecule is CC(=O)OC(=O)COCCO.[Ag].[Cu]. The molecule has 0 bridgehead atoms. The molecule has 86 valence electrons. The maximum Gasteiger partial charge on any atom is 0.339 e. The van der Waals surface area contributed by atoms with Crippen molar-refractivity contribution in [3.63, 3.8) is 0 Å². The summed E-state index contributed by atoms with van der Waals surface area (Å²) in [6.45, 7) is 0.727. The molecule has 13 heavy (non-hydrogen) atoms. The molecule has 0 aliphatic rings. The van der Waals surface area contributed by atoms with E-state index < -0.39 is 11.9 Å². The number of esters is 2. The van der Waals surface area contributed by atoms with E-state index in [4.69, 9.17) is 5.11 Å². The monoisotopic (exact) mass is 332 g/mol. The summed E-state index contributed by atoms with van der Waals surface area (Å²) in [5.74, 6) is -1.41. The van der Waals surface area contributed by atoms with Crippen molar-refractivity contribution in [2.45, 2.75) is 6.92 Å². The number of hydrogen-bond donors (Lipinski definition) is 1. The Labute approximate surface area is 102 Å². The van der Waals surface area contributed by atoms with Gasteiger partial charge in [-0.2, -0.15) is 0 Å². The Balaban J connectivity index is -0.000000500. The van der Waals surface area contributed by atoms with Crippen LogP contribution in [0.4, 0.5) is 0 Å². The Morgan fingerprint density at radius 2 is 1.92 bits per heavy atom. The summed E-state index contributed by atoms with van der Waals surface area (Å²) in [5.41, 5.74) is 0. The van der Waals surface area contributed by atoms with Crippen LogP contribution in [-0.4, -0.2) is 36.9 Å². The topological polar surface area (TPSA) is 72.8 Å². The van der Waals surface area contributed by atoms with Crippen LogP contribution in [0.3, 0.4) is 0 Å². The van der Waals surface area contributed by atoms with Crippen LogP contribution >= 0.6 is 0 Å². The summed E-state index contributed by atoms with van der Waals surface area (Å²) in [7, 11) is 0. The molecule has 1 N–H and O–H groups in total. The van der Waals surface area contributed by atoms with Crippen LogP contribution in [0.25, 0.3) is 0 Å². The van der Waals surface area contributed by atoms with Crippen molar-refractivity contribution in [1.82, 2.24) is 0 Å². The van der Waals surface area contributed by atoms with Gasteiger partial charge < -0.3 is 14.6 Å². The average Bonchev–Trinajstić information content (AvgIpc) is 1.86. The van der Waals surface area contributed by atoms with Crippen LogP contribution < -0.4 is 0 Å². The van der Waals surface area contributed by atoms with Crippen molar-refractivity contribution in [3.05, 3.63) is 0 Å². The van der Waals surface area contributed by atoms with Crippen LogP contribution in [0.15, 0.2) is 0 Å². The van der Waals surface area contributed by atoms with Gasteiger partial charge in [-0.25, -0.2) is 4.79 Å². The third-order valence-corrected chi connectivity index (χ3v) is 0.713. The Bertz CT molecular complexity index is 152. The van der Waals surface area contributed by atoms with Gasteiger partial charge in [0, 0.05) is 46.4 Å². The molecule has 0 atom stereocenters. The summed E-state index contributed by atoms with van der Waals surface area (Å²) >= 11 is 0. The molecular weight excluding hydrogens is 323 g/mol. The molecule has 0 amide bonds. The minimum absolute atomic E-state index is 0. The molecule has 0 unspecified atom stereocenters. The predicted molar refractivity (Wildman–Crippen MR) is 34.7 cm³/mol. The second kappa shape index (κ2) is 12.3. The fourth-order valence-electron chi connectivity index (χ4n) is 0.410. The van der Waals surface area contributed by atoms with E-state index >= 15 is 0 Å². The molecule has 0 aromatic heterocycles. The Morgan fingerprint density at radius 1 is 1.38 bits per heavy atom. The van der Waals surface area contributed by atoms with Crippen LogP contribution in [0, 0.1) is 0 Å². The first-order valence-electron chi connectivity index (χ1n) is 3.06. The van der Waals surface area contributed by atoms with E-state index in [1.165, 1.54) is 0 Å². The van der Waals surface area contributed by atoms with E-state index in [0.717, 1.165) is 6.92 Å². The molecule has 0 fully saturated rings. The minimum Gasteiger partial charge on any atom is -0.394 e. The molecule has 0 rings (SSSR count). The van der Waals surface area contributed by atoms with Gasteiger partial charge in [-0.15, -0.1) is 0 Å². The van der Waals surface area contributed by atoms with Gasteiger partial charge in [-0.05, 0) is 0 Å². The summed E-state index contributed by atoms with van der Waals surface area (Å²) in [6.07, 6.45) is 0. The van der Waals surface area contributed by atoms with Crippen molar-refractivity contribution in [3.8, 4) is 0 Å². The average molecular weight is 334 g/mol. The zero-order valence-corrected chi connectivity index (χ0v) is 9.23. The molecular formula is C6H10AgCuO5. The quantitative estimate of drug-likeness (QED) is 0.312. The second-order valence-electron chi connectivity index (χ2n) is 1.74. The number of carbonyl (C=O) groups is 2. The first kappa shape index (κ1) is 19.0. The molecule has 0 aromatic carbocycles. The van der Waals surface area contributed by atoms with Gasteiger partial charge in [-0.1, -0.05) is 0 Å². The first-order valence-corrected chi connectivity index (χ1v) is 3.06. The van der Waals surface area contributed by atoms with E-state index in [1.54, 1.807) is 0 Å². The Kier molecular flexibility index (Phi) is 18.0. The largest absolute Gasteiger partial charge is 0.394 e. The molecule has 0 saturated carbocycles. The van der Waals surface area contributed by atoms with Crippen LogP contribution in [0.2, 0.25) is 0 Å². The summed E-state index contributed by atoms with van der Waals surface area (Å²) in [6, 6.07) is 0. The second-order valence-corrected chi connectivity index (χ2v) is 1.74. The molecule has 5 nitrogen and oxygen atoms in total. The van der Waals surface area contributed by atoms with Gasteiger partial charge >= 0.3 is 11.9 Å². The predicted octanol–water partition coefficient (Wildman–Crippen LogP) is -0.920. The zero-order chi connectivity index (χ0) is 8.69. The molecule has 0 aromatic rings. The first-order chi connectivity index (χ1) is 5.16. The van der Waals surface area contributed by atoms with Gasteiger partial charge in [0.15, 0.2) is 0 Å². The summed E-state index contributed by atoms with van der Waals surface area (Å²) in [4.78, 5) is 20.6. The standard InChI is InChI=1S/C6H10O5.Ag.Cu/c1-5(8)11-6(9)4-10-3-2-7;;/h7H,2-4H2,1H3;;. The van der Waals surface area contributed by atoms with Crippen LogP contribution in [0.5, 0.6) is 0 Å². The number of rotatable bonds is 4. The van der Waals surface area contributed by atoms with Gasteiger partial charge in [0.2, 0.25) is 0 Å². The molecule has 0 aliphatic heterocycles. The van der Waals surface area contributed by atoms with Crippen molar-refractivity contribution in [1.29, 1.82) is 0 Å². The number of carbonyl (C=O) groups excluding carboxylic acids is 2. The maximum atomic E-state index is 10.5. The van der Waals surface area contributed by atoms with Crippen molar-refractivity contribution in [2.75, 3.05) is 19.8 Å². The zero-order valence-electron chi connectivity index (χ0n) is 6.80. The molecule has 0 saturated heterocycles. The normalized spacial score (nSPS) is 7.85. The maximum absolute atomic E-state index is 10.5. The smallest absolute Gasteiger partial charge is 0.339 e. The van der Waals surface area contributed by atoms with Crippen LogP contribution in [0.1, 0.15) is 6.92 Å². The van der Waals surface area contributed by atoms with E-state index in [9.17, 15) is 9.59 Å². The molecule has 2 radical (unpaired) electrons. The minimum atomic E-state index is -0.744.